The number of nitrogens with one attached hydrogen (secondary N) is 1. The standard InChI is InChI=1S/C13H11N3S/c14-7-9-1-5-11(6-2-9)15-13-16-12(8-17-13)10-3-4-10/h1-2,5-6,8,10H,3-4H2,(H,15,16). The molecule has 1 heterocycles. The van der Waals surface area contributed by atoms with Crippen LogP contribution in [0.1, 0.15) is 30.0 Å². The minimum atomic E-state index is 0.674. The van der Waals surface area contributed by atoms with Gasteiger partial charge in [-0.05, 0) is 37.1 Å². The molecule has 0 atom stereocenters. The van der Waals surface area contributed by atoms with Gasteiger partial charge in [-0.25, -0.2) is 4.98 Å². The van der Waals surface area contributed by atoms with E-state index in [1.54, 1.807) is 23.5 Å². The Balaban J connectivity index is 1.74. The van der Waals surface area contributed by atoms with Gasteiger partial charge in [0, 0.05) is 17.0 Å². The van der Waals surface area contributed by atoms with Gasteiger partial charge in [-0.1, -0.05) is 0 Å². The lowest BCUT2D eigenvalue weighted by Crippen LogP contribution is -1.90. The smallest absolute Gasteiger partial charge is 0.187 e. The summed E-state index contributed by atoms with van der Waals surface area (Å²) in [5.74, 6) is 0.697. The van der Waals surface area contributed by atoms with Gasteiger partial charge in [-0.2, -0.15) is 5.26 Å². The summed E-state index contributed by atoms with van der Waals surface area (Å²) >= 11 is 1.64. The van der Waals surface area contributed by atoms with E-state index in [-0.39, 0.29) is 0 Å². The van der Waals surface area contributed by atoms with Gasteiger partial charge in [-0.3, -0.25) is 0 Å². The van der Waals surface area contributed by atoms with Crippen molar-refractivity contribution >= 4 is 22.2 Å². The zero-order chi connectivity index (χ0) is 11.7. The topological polar surface area (TPSA) is 48.7 Å². The molecule has 1 fully saturated rings. The van der Waals surface area contributed by atoms with E-state index in [1.165, 1.54) is 18.5 Å². The maximum atomic E-state index is 8.71. The number of nitriles is 1. The zero-order valence-corrected chi connectivity index (χ0v) is 10.00. The van der Waals surface area contributed by atoms with E-state index in [2.05, 4.69) is 21.8 Å². The van der Waals surface area contributed by atoms with Crippen LogP contribution in [-0.2, 0) is 0 Å². The summed E-state index contributed by atoms with van der Waals surface area (Å²) in [6.07, 6.45) is 2.56. The number of hydrogen-bond acceptors (Lipinski definition) is 4. The molecule has 84 valence electrons. The monoisotopic (exact) mass is 241 g/mol. The number of aromatic nitrogens is 1. The second kappa shape index (κ2) is 4.19. The fourth-order valence-corrected chi connectivity index (χ4v) is 2.47. The molecule has 17 heavy (non-hydrogen) atoms. The highest BCUT2D eigenvalue weighted by atomic mass is 32.1. The molecule has 0 aliphatic heterocycles. The Morgan fingerprint density at radius 1 is 1.29 bits per heavy atom. The molecule has 0 bridgehead atoms. The van der Waals surface area contributed by atoms with Crippen LogP contribution < -0.4 is 5.32 Å². The van der Waals surface area contributed by atoms with Crippen LogP contribution in [0.4, 0.5) is 10.8 Å². The summed E-state index contributed by atoms with van der Waals surface area (Å²) < 4.78 is 0. The van der Waals surface area contributed by atoms with Gasteiger partial charge in [0.2, 0.25) is 0 Å². The van der Waals surface area contributed by atoms with E-state index in [9.17, 15) is 0 Å². The Kier molecular flexibility index (Phi) is 2.54. The molecule has 1 aliphatic carbocycles. The molecule has 0 radical (unpaired) electrons. The minimum absolute atomic E-state index is 0.674. The van der Waals surface area contributed by atoms with Gasteiger partial charge in [-0.15, -0.1) is 11.3 Å². The number of hydrogen-bond donors (Lipinski definition) is 1. The molecular formula is C13H11N3S. The average Bonchev–Trinajstić information content (AvgIpc) is 3.12. The largest absolute Gasteiger partial charge is 0.332 e. The van der Waals surface area contributed by atoms with Crippen molar-refractivity contribution < 1.29 is 0 Å². The molecule has 2 aromatic rings. The van der Waals surface area contributed by atoms with E-state index in [4.69, 9.17) is 5.26 Å². The summed E-state index contributed by atoms with van der Waals surface area (Å²) in [7, 11) is 0. The molecule has 0 spiro atoms. The van der Waals surface area contributed by atoms with E-state index in [0.29, 0.717) is 11.5 Å². The predicted molar refractivity (Wildman–Crippen MR) is 68.5 cm³/mol. The first kappa shape index (κ1) is 10.3. The third-order valence-electron chi connectivity index (χ3n) is 2.78. The predicted octanol–water partition coefficient (Wildman–Crippen LogP) is 3.64. The summed E-state index contributed by atoms with van der Waals surface area (Å²) in [6.45, 7) is 0. The molecule has 0 saturated heterocycles. The Hall–Kier alpha value is -1.86. The molecule has 0 unspecified atom stereocenters. The lowest BCUT2D eigenvalue weighted by molar-refractivity contribution is 1.05. The number of nitrogens with zero attached hydrogens (tertiary/aromatic N) is 2. The van der Waals surface area contributed by atoms with Crippen molar-refractivity contribution in [1.29, 1.82) is 5.26 Å². The fraction of sp³-hybridized carbons (Fsp3) is 0.231. The first-order chi connectivity index (χ1) is 8.35. The summed E-state index contributed by atoms with van der Waals surface area (Å²) in [5, 5.41) is 15.0. The average molecular weight is 241 g/mol. The first-order valence-corrected chi connectivity index (χ1v) is 6.46. The van der Waals surface area contributed by atoms with Crippen molar-refractivity contribution in [3.05, 3.63) is 40.9 Å². The number of benzene rings is 1. The second-order valence-electron chi connectivity index (χ2n) is 4.17. The SMILES string of the molecule is N#Cc1ccc(Nc2nc(C3CC3)cs2)cc1. The molecule has 4 heteroatoms. The van der Waals surface area contributed by atoms with Crippen molar-refractivity contribution in [3.63, 3.8) is 0 Å². The lowest BCUT2D eigenvalue weighted by Gasteiger charge is -2.01. The Morgan fingerprint density at radius 3 is 2.71 bits per heavy atom. The summed E-state index contributed by atoms with van der Waals surface area (Å²) in [6, 6.07) is 9.51. The van der Waals surface area contributed by atoms with Crippen LogP contribution in [0.3, 0.4) is 0 Å². The normalized spacial score (nSPS) is 14.3. The minimum Gasteiger partial charge on any atom is -0.332 e. The van der Waals surface area contributed by atoms with Crippen LogP contribution in [0.5, 0.6) is 0 Å². The summed E-state index contributed by atoms with van der Waals surface area (Å²) in [4.78, 5) is 4.55. The van der Waals surface area contributed by atoms with E-state index in [0.717, 1.165) is 10.8 Å². The molecular weight excluding hydrogens is 230 g/mol. The van der Waals surface area contributed by atoms with Gasteiger partial charge in [0.25, 0.3) is 0 Å². The molecule has 1 saturated carbocycles. The maximum Gasteiger partial charge on any atom is 0.187 e. The fourth-order valence-electron chi connectivity index (χ4n) is 1.66. The Labute approximate surface area is 104 Å². The van der Waals surface area contributed by atoms with Crippen molar-refractivity contribution in [3.8, 4) is 6.07 Å². The highest BCUT2D eigenvalue weighted by molar-refractivity contribution is 7.13. The molecule has 3 nitrogen and oxygen atoms in total. The van der Waals surface area contributed by atoms with Gasteiger partial charge < -0.3 is 5.32 Å². The first-order valence-electron chi connectivity index (χ1n) is 5.58. The van der Waals surface area contributed by atoms with Crippen molar-refractivity contribution in [2.75, 3.05) is 5.32 Å². The van der Waals surface area contributed by atoms with Gasteiger partial charge in [0.05, 0.1) is 17.3 Å². The van der Waals surface area contributed by atoms with Crippen LogP contribution >= 0.6 is 11.3 Å². The number of rotatable bonds is 3. The van der Waals surface area contributed by atoms with E-state index < -0.39 is 0 Å². The number of thiazole rings is 1. The van der Waals surface area contributed by atoms with Crippen LogP contribution in [0, 0.1) is 11.3 Å². The summed E-state index contributed by atoms with van der Waals surface area (Å²) in [5.41, 5.74) is 2.86. The third-order valence-corrected chi connectivity index (χ3v) is 3.56. The highest BCUT2D eigenvalue weighted by Gasteiger charge is 2.25. The molecule has 1 aliphatic rings. The maximum absolute atomic E-state index is 8.71. The van der Waals surface area contributed by atoms with Crippen molar-refractivity contribution in [2.24, 2.45) is 0 Å². The molecule has 1 aromatic heterocycles. The van der Waals surface area contributed by atoms with Crippen LogP contribution in [0.25, 0.3) is 0 Å². The van der Waals surface area contributed by atoms with E-state index in [1.807, 2.05) is 12.1 Å². The Bertz CT molecular complexity index is 561. The van der Waals surface area contributed by atoms with E-state index >= 15 is 0 Å². The third kappa shape index (κ3) is 2.29. The van der Waals surface area contributed by atoms with Gasteiger partial charge >= 0.3 is 0 Å². The highest BCUT2D eigenvalue weighted by Crippen LogP contribution is 2.41. The quantitative estimate of drug-likeness (QED) is 0.892. The lowest BCUT2D eigenvalue weighted by atomic mass is 10.2. The van der Waals surface area contributed by atoms with Crippen molar-refractivity contribution in [1.82, 2.24) is 4.98 Å². The molecule has 3 rings (SSSR count). The molecule has 0 amide bonds. The van der Waals surface area contributed by atoms with Gasteiger partial charge in [0.1, 0.15) is 0 Å². The van der Waals surface area contributed by atoms with Crippen LogP contribution in [0.15, 0.2) is 29.6 Å². The molecule has 1 N–H and O–H groups in total. The molecule has 1 aromatic carbocycles. The second-order valence-corrected chi connectivity index (χ2v) is 5.02. The van der Waals surface area contributed by atoms with Crippen LogP contribution in [-0.4, -0.2) is 4.98 Å². The van der Waals surface area contributed by atoms with Gasteiger partial charge in [0.15, 0.2) is 5.13 Å². The van der Waals surface area contributed by atoms with Crippen LogP contribution in [0.2, 0.25) is 0 Å². The zero-order valence-electron chi connectivity index (χ0n) is 9.18. The number of anilines is 2. The Morgan fingerprint density at radius 2 is 2.06 bits per heavy atom. The van der Waals surface area contributed by atoms with Crippen molar-refractivity contribution in [2.45, 2.75) is 18.8 Å².